The Morgan fingerprint density at radius 2 is 1.79 bits per heavy atom. The lowest BCUT2D eigenvalue weighted by atomic mass is 9.99. The maximum absolute atomic E-state index is 12.7. The van der Waals surface area contributed by atoms with Gasteiger partial charge in [0.05, 0.1) is 19.2 Å². The minimum absolute atomic E-state index is 0. The molecule has 1 unspecified atom stereocenters. The molecule has 6 nitrogen and oxygen atoms in total. The van der Waals surface area contributed by atoms with E-state index in [-0.39, 0.29) is 40.8 Å². The monoisotopic (exact) mass is 398 g/mol. The van der Waals surface area contributed by atoms with Crippen LogP contribution in [0, 0.1) is 5.92 Å². The Bertz CT molecular complexity index is 649. The molecular weight excluding hydrogens is 375 g/mol. The molecule has 9 heteroatoms. The summed E-state index contributed by atoms with van der Waals surface area (Å²) in [5.41, 5.74) is 5.77. The molecule has 0 aliphatic heterocycles. The summed E-state index contributed by atoms with van der Waals surface area (Å²) in [4.78, 5) is -0.0340. The molecule has 0 spiro atoms. The molecule has 1 atom stereocenters. The van der Waals surface area contributed by atoms with Crippen molar-refractivity contribution in [3.05, 3.63) is 17.2 Å². The smallest absolute Gasteiger partial charge is 0.242 e. The second-order valence-electron chi connectivity index (χ2n) is 5.65. The Balaban J connectivity index is 0.00000288. The highest BCUT2D eigenvalue weighted by Crippen LogP contribution is 2.36. The summed E-state index contributed by atoms with van der Waals surface area (Å²) in [5, 5.41) is 0.0809. The molecule has 0 saturated heterocycles. The molecule has 1 aromatic rings. The first-order valence-corrected chi connectivity index (χ1v) is 9.43. The average molecular weight is 399 g/mol. The first-order chi connectivity index (χ1) is 10.9. The van der Waals surface area contributed by atoms with Crippen molar-refractivity contribution in [2.75, 3.05) is 20.8 Å². The molecule has 1 saturated carbocycles. The fourth-order valence-corrected chi connectivity index (χ4v) is 4.85. The Morgan fingerprint density at radius 1 is 1.25 bits per heavy atom. The third-order valence-electron chi connectivity index (χ3n) is 4.26. The molecule has 1 aromatic carbocycles. The molecule has 0 aromatic heterocycles. The van der Waals surface area contributed by atoms with Crippen LogP contribution in [0.25, 0.3) is 0 Å². The zero-order chi connectivity index (χ0) is 17.0. The minimum Gasteiger partial charge on any atom is -0.493 e. The van der Waals surface area contributed by atoms with E-state index in [4.69, 9.17) is 26.8 Å². The van der Waals surface area contributed by atoms with Gasteiger partial charge in [0.25, 0.3) is 0 Å². The van der Waals surface area contributed by atoms with E-state index >= 15 is 0 Å². The Kier molecular flexibility index (Phi) is 8.08. The van der Waals surface area contributed by atoms with Crippen molar-refractivity contribution in [1.82, 2.24) is 4.72 Å². The van der Waals surface area contributed by atoms with Crippen LogP contribution in [0.5, 0.6) is 11.5 Å². The summed E-state index contributed by atoms with van der Waals surface area (Å²) in [7, 11) is -0.890. The molecule has 138 valence electrons. The quantitative estimate of drug-likeness (QED) is 0.736. The third-order valence-corrected chi connectivity index (χ3v) is 6.21. The van der Waals surface area contributed by atoms with Crippen LogP contribution in [-0.4, -0.2) is 35.2 Å². The van der Waals surface area contributed by atoms with Crippen molar-refractivity contribution in [2.45, 2.75) is 36.6 Å². The van der Waals surface area contributed by atoms with Crippen LogP contribution < -0.4 is 19.9 Å². The molecule has 0 amide bonds. The van der Waals surface area contributed by atoms with Gasteiger partial charge in [-0.05, 0) is 18.8 Å². The van der Waals surface area contributed by atoms with Crippen LogP contribution in [0.15, 0.2) is 17.0 Å². The van der Waals surface area contributed by atoms with Crippen molar-refractivity contribution in [2.24, 2.45) is 11.7 Å². The largest absolute Gasteiger partial charge is 0.493 e. The van der Waals surface area contributed by atoms with Gasteiger partial charge in [-0.2, -0.15) is 0 Å². The van der Waals surface area contributed by atoms with E-state index < -0.39 is 10.0 Å². The van der Waals surface area contributed by atoms with Gasteiger partial charge in [-0.3, -0.25) is 0 Å². The van der Waals surface area contributed by atoms with Gasteiger partial charge in [0.15, 0.2) is 11.5 Å². The predicted molar refractivity (Wildman–Crippen MR) is 96.9 cm³/mol. The highest BCUT2D eigenvalue weighted by Gasteiger charge is 2.30. The SMILES string of the molecule is COc1cc(Cl)c(S(=O)(=O)NC(CN)C2CCCC2)cc1OC.Cl. The summed E-state index contributed by atoms with van der Waals surface area (Å²) in [6.45, 7) is 0.259. The fraction of sp³-hybridized carbons (Fsp3) is 0.600. The number of nitrogens with one attached hydrogen (secondary N) is 1. The Hall–Kier alpha value is -0.730. The van der Waals surface area contributed by atoms with E-state index in [0.717, 1.165) is 25.7 Å². The third kappa shape index (κ3) is 4.67. The van der Waals surface area contributed by atoms with Crippen LogP contribution in [0.4, 0.5) is 0 Å². The van der Waals surface area contributed by atoms with E-state index in [1.165, 1.54) is 26.4 Å². The van der Waals surface area contributed by atoms with E-state index in [2.05, 4.69) is 4.72 Å². The van der Waals surface area contributed by atoms with Gasteiger partial charge in [0, 0.05) is 24.7 Å². The zero-order valence-electron chi connectivity index (χ0n) is 13.7. The van der Waals surface area contributed by atoms with Gasteiger partial charge in [0.2, 0.25) is 10.0 Å². The van der Waals surface area contributed by atoms with Crippen molar-refractivity contribution >= 4 is 34.0 Å². The lowest BCUT2D eigenvalue weighted by Crippen LogP contribution is -2.44. The van der Waals surface area contributed by atoms with E-state index in [1.807, 2.05) is 0 Å². The van der Waals surface area contributed by atoms with Crippen LogP contribution in [-0.2, 0) is 10.0 Å². The Labute approximate surface area is 154 Å². The molecule has 0 radical (unpaired) electrons. The number of rotatable bonds is 7. The second-order valence-corrected chi connectivity index (χ2v) is 7.74. The van der Waals surface area contributed by atoms with Crippen molar-refractivity contribution < 1.29 is 17.9 Å². The molecule has 24 heavy (non-hydrogen) atoms. The molecular formula is C15H24Cl2N2O4S. The van der Waals surface area contributed by atoms with Gasteiger partial charge in [0.1, 0.15) is 4.90 Å². The minimum atomic E-state index is -3.79. The fourth-order valence-electron chi connectivity index (χ4n) is 3.00. The van der Waals surface area contributed by atoms with Gasteiger partial charge in [-0.1, -0.05) is 24.4 Å². The number of nitrogens with two attached hydrogens (primary N) is 1. The van der Waals surface area contributed by atoms with Crippen LogP contribution in [0.3, 0.4) is 0 Å². The number of hydrogen-bond donors (Lipinski definition) is 2. The summed E-state index contributed by atoms with van der Waals surface area (Å²) in [6, 6.07) is 2.51. The normalized spacial score (nSPS) is 16.5. The molecule has 1 fully saturated rings. The molecule has 3 N–H and O–H groups in total. The number of halogens is 2. The van der Waals surface area contributed by atoms with Gasteiger partial charge >= 0.3 is 0 Å². The lowest BCUT2D eigenvalue weighted by molar-refractivity contribution is 0.353. The first kappa shape index (κ1) is 21.3. The van der Waals surface area contributed by atoms with Gasteiger partial charge in [-0.15, -0.1) is 12.4 Å². The summed E-state index contributed by atoms with van der Waals surface area (Å²) < 4.78 is 38.4. The highest BCUT2D eigenvalue weighted by atomic mass is 35.5. The summed E-state index contributed by atoms with van der Waals surface area (Å²) in [5.74, 6) is 0.957. The van der Waals surface area contributed by atoms with Crippen LogP contribution in [0.2, 0.25) is 5.02 Å². The van der Waals surface area contributed by atoms with Gasteiger partial charge < -0.3 is 15.2 Å². The van der Waals surface area contributed by atoms with E-state index in [9.17, 15) is 8.42 Å². The summed E-state index contributed by atoms with van der Waals surface area (Å²) in [6.07, 6.45) is 4.20. The molecule has 1 aliphatic carbocycles. The van der Waals surface area contributed by atoms with Crippen LogP contribution >= 0.6 is 24.0 Å². The second kappa shape index (κ2) is 9.10. The molecule has 1 aliphatic rings. The number of hydrogen-bond acceptors (Lipinski definition) is 5. The Morgan fingerprint density at radius 3 is 2.29 bits per heavy atom. The highest BCUT2D eigenvalue weighted by molar-refractivity contribution is 7.89. The zero-order valence-corrected chi connectivity index (χ0v) is 16.1. The van der Waals surface area contributed by atoms with Gasteiger partial charge in [-0.25, -0.2) is 13.1 Å². The molecule has 0 heterocycles. The first-order valence-electron chi connectivity index (χ1n) is 7.57. The van der Waals surface area contributed by atoms with E-state index in [0.29, 0.717) is 11.5 Å². The lowest BCUT2D eigenvalue weighted by Gasteiger charge is -2.23. The topological polar surface area (TPSA) is 90.7 Å². The number of benzene rings is 1. The number of sulfonamides is 1. The number of methoxy groups -OCH3 is 2. The maximum Gasteiger partial charge on any atom is 0.242 e. The van der Waals surface area contributed by atoms with E-state index in [1.54, 1.807) is 0 Å². The molecule has 2 rings (SSSR count). The standard InChI is InChI=1S/C15H23ClN2O4S.ClH/c1-21-13-7-11(16)15(8-14(13)22-2)23(19,20)18-12(9-17)10-5-3-4-6-10;/h7-8,10,12,18H,3-6,9,17H2,1-2H3;1H. The van der Waals surface area contributed by atoms with Crippen molar-refractivity contribution in [1.29, 1.82) is 0 Å². The van der Waals surface area contributed by atoms with Crippen molar-refractivity contribution in [3.63, 3.8) is 0 Å². The van der Waals surface area contributed by atoms with Crippen LogP contribution in [0.1, 0.15) is 25.7 Å². The molecule has 0 bridgehead atoms. The van der Waals surface area contributed by atoms with Crippen molar-refractivity contribution in [3.8, 4) is 11.5 Å². The summed E-state index contributed by atoms with van der Waals surface area (Å²) >= 11 is 6.12. The average Bonchev–Trinajstić information content (AvgIpc) is 3.06. The predicted octanol–water partition coefficient (Wildman–Crippen LogP) is 2.57. The number of ether oxygens (including phenoxy) is 2. The maximum atomic E-state index is 12.7.